The second-order valence-electron chi connectivity index (χ2n) is 4.52. The Morgan fingerprint density at radius 3 is 2.11 bits per heavy atom. The van der Waals surface area contributed by atoms with Crippen LogP contribution in [0, 0.1) is 6.92 Å². The van der Waals surface area contributed by atoms with Gasteiger partial charge in [0.25, 0.3) is 0 Å². The summed E-state index contributed by atoms with van der Waals surface area (Å²) in [7, 11) is -3.71. The van der Waals surface area contributed by atoms with Crippen LogP contribution in [0.1, 0.15) is 38.3 Å². The summed E-state index contributed by atoms with van der Waals surface area (Å²) < 4.78 is 28.5. The van der Waals surface area contributed by atoms with Crippen LogP contribution in [0.3, 0.4) is 0 Å². The number of hydrogen-bond acceptors (Lipinski definition) is 5. The third-order valence-corrected chi connectivity index (χ3v) is 3.70. The van der Waals surface area contributed by atoms with Gasteiger partial charge in [-0.1, -0.05) is 0 Å². The molecule has 1 rings (SSSR count). The van der Waals surface area contributed by atoms with Crippen molar-refractivity contribution in [2.75, 3.05) is 0 Å². The van der Waals surface area contributed by atoms with E-state index in [1.54, 1.807) is 12.4 Å². The molecule has 0 aliphatic heterocycles. The summed E-state index contributed by atoms with van der Waals surface area (Å²) >= 11 is 0. The van der Waals surface area contributed by atoms with Crippen molar-refractivity contribution in [2.45, 2.75) is 45.2 Å². The second-order valence-corrected chi connectivity index (χ2v) is 6.44. The van der Waals surface area contributed by atoms with Crippen LogP contribution in [0.15, 0.2) is 12.4 Å². The highest BCUT2D eigenvalue weighted by molar-refractivity contribution is 7.89. The summed E-state index contributed by atoms with van der Waals surface area (Å²) in [5.41, 5.74) is 0.894. The number of aromatic nitrogens is 2. The molecule has 2 atom stereocenters. The fourth-order valence-electron chi connectivity index (χ4n) is 1.40. The first-order valence-corrected chi connectivity index (χ1v) is 7.28. The van der Waals surface area contributed by atoms with Crippen molar-refractivity contribution in [2.24, 2.45) is 5.14 Å². The lowest BCUT2D eigenvalue weighted by atomic mass is 10.2. The van der Waals surface area contributed by atoms with Gasteiger partial charge in [-0.15, -0.1) is 0 Å². The number of sulfonamides is 1. The first-order valence-electron chi connectivity index (χ1n) is 5.67. The van der Waals surface area contributed by atoms with Gasteiger partial charge < -0.3 is 4.74 Å². The van der Waals surface area contributed by atoms with Gasteiger partial charge in [0.2, 0.25) is 10.0 Å². The molecular formula is C11H19N3O3S. The van der Waals surface area contributed by atoms with Crippen LogP contribution in [0.25, 0.3) is 0 Å². The van der Waals surface area contributed by atoms with Crippen molar-refractivity contribution in [3.8, 4) is 0 Å². The summed E-state index contributed by atoms with van der Waals surface area (Å²) in [5, 5.41) is 4.26. The van der Waals surface area contributed by atoms with Gasteiger partial charge in [-0.3, -0.25) is 0 Å². The molecule has 0 amide bonds. The van der Waals surface area contributed by atoms with E-state index in [1.807, 2.05) is 20.8 Å². The summed E-state index contributed by atoms with van der Waals surface area (Å²) in [6.07, 6.45) is 2.33. The van der Waals surface area contributed by atoms with Gasteiger partial charge in [0.05, 0.1) is 6.10 Å². The molecule has 0 radical (unpaired) electrons. The fraction of sp³-hybridized carbons (Fsp3) is 0.636. The summed E-state index contributed by atoms with van der Waals surface area (Å²) in [4.78, 5) is 8.22. The minimum atomic E-state index is -3.71. The molecule has 0 unspecified atom stereocenters. The van der Waals surface area contributed by atoms with E-state index in [0.717, 1.165) is 5.56 Å². The van der Waals surface area contributed by atoms with Crippen molar-refractivity contribution in [3.63, 3.8) is 0 Å². The quantitative estimate of drug-likeness (QED) is 0.861. The standard InChI is InChI=1S/C11H19N3O3S/c1-7(2)17-10(9(4)18(12,15)16)11-13-5-8(3)6-14-11/h5-7,9-10H,1-4H3,(H2,12,15,16)/t9-,10-/m1/s1. The van der Waals surface area contributed by atoms with E-state index >= 15 is 0 Å². The smallest absolute Gasteiger partial charge is 0.214 e. The van der Waals surface area contributed by atoms with Crippen molar-refractivity contribution in [1.29, 1.82) is 0 Å². The molecule has 7 heteroatoms. The SMILES string of the molecule is Cc1cnc([C@H](OC(C)C)[C@@H](C)S(N)(=O)=O)nc1. The average molecular weight is 273 g/mol. The number of aryl methyl sites for hydroxylation is 1. The Balaban J connectivity index is 3.09. The molecule has 18 heavy (non-hydrogen) atoms. The summed E-state index contributed by atoms with van der Waals surface area (Å²) in [5.74, 6) is 0.329. The lowest BCUT2D eigenvalue weighted by Crippen LogP contribution is -2.34. The van der Waals surface area contributed by atoms with Crippen molar-refractivity contribution in [3.05, 3.63) is 23.8 Å². The first kappa shape index (κ1) is 15.0. The van der Waals surface area contributed by atoms with Gasteiger partial charge in [-0.05, 0) is 33.3 Å². The van der Waals surface area contributed by atoms with Crippen molar-refractivity contribution in [1.82, 2.24) is 9.97 Å². The van der Waals surface area contributed by atoms with Gasteiger partial charge in [-0.25, -0.2) is 23.5 Å². The minimum absolute atomic E-state index is 0.149. The molecule has 0 saturated carbocycles. The predicted molar refractivity (Wildman–Crippen MR) is 68.3 cm³/mol. The first-order chi connectivity index (χ1) is 8.21. The third-order valence-electron chi connectivity index (χ3n) is 2.42. The molecule has 0 aliphatic carbocycles. The summed E-state index contributed by atoms with van der Waals surface area (Å²) in [6.45, 7) is 6.98. The Morgan fingerprint density at radius 2 is 1.72 bits per heavy atom. The van der Waals surface area contributed by atoms with Gasteiger partial charge in [-0.2, -0.15) is 0 Å². The van der Waals surface area contributed by atoms with Gasteiger partial charge in [0.15, 0.2) is 5.82 Å². The van der Waals surface area contributed by atoms with Crippen LogP contribution in [-0.4, -0.2) is 29.7 Å². The topological polar surface area (TPSA) is 95.2 Å². The maximum Gasteiger partial charge on any atom is 0.214 e. The Bertz CT molecular complexity index is 485. The lowest BCUT2D eigenvalue weighted by Gasteiger charge is -2.23. The molecule has 0 aliphatic rings. The second kappa shape index (κ2) is 5.73. The lowest BCUT2D eigenvalue weighted by molar-refractivity contribution is 0.00144. The molecule has 1 aromatic rings. The molecule has 6 nitrogen and oxygen atoms in total. The van der Waals surface area contributed by atoms with Crippen LogP contribution < -0.4 is 5.14 Å². The van der Waals surface area contributed by atoms with E-state index in [2.05, 4.69) is 9.97 Å². The van der Waals surface area contributed by atoms with Crippen LogP contribution in [0.4, 0.5) is 0 Å². The zero-order valence-corrected chi connectivity index (χ0v) is 11.8. The highest BCUT2D eigenvalue weighted by atomic mass is 32.2. The Hall–Kier alpha value is -1.05. The average Bonchev–Trinajstić information content (AvgIpc) is 2.25. The predicted octanol–water partition coefficient (Wildman–Crippen LogP) is 0.928. The van der Waals surface area contributed by atoms with Crippen LogP contribution in [0.5, 0.6) is 0 Å². The number of ether oxygens (including phenoxy) is 1. The van der Waals surface area contributed by atoms with E-state index in [-0.39, 0.29) is 6.10 Å². The zero-order chi connectivity index (χ0) is 13.9. The molecule has 0 fully saturated rings. The molecule has 102 valence electrons. The van der Waals surface area contributed by atoms with Crippen LogP contribution >= 0.6 is 0 Å². The molecule has 0 saturated heterocycles. The molecule has 0 bridgehead atoms. The Morgan fingerprint density at radius 1 is 1.22 bits per heavy atom. The molecular weight excluding hydrogens is 254 g/mol. The maximum absolute atomic E-state index is 11.4. The van der Waals surface area contributed by atoms with Crippen molar-refractivity contribution < 1.29 is 13.2 Å². The van der Waals surface area contributed by atoms with Crippen LogP contribution in [0.2, 0.25) is 0 Å². The number of hydrogen-bond donors (Lipinski definition) is 1. The summed E-state index contributed by atoms with van der Waals surface area (Å²) in [6, 6.07) is 0. The molecule has 1 heterocycles. The Kier molecular flexibility index (Phi) is 4.78. The monoisotopic (exact) mass is 273 g/mol. The maximum atomic E-state index is 11.4. The fourth-order valence-corrected chi connectivity index (χ4v) is 1.93. The normalized spacial score (nSPS) is 15.7. The van der Waals surface area contributed by atoms with E-state index in [1.165, 1.54) is 6.92 Å². The molecule has 0 aromatic carbocycles. The van der Waals surface area contributed by atoms with Crippen LogP contribution in [-0.2, 0) is 14.8 Å². The van der Waals surface area contributed by atoms with Gasteiger partial charge in [0.1, 0.15) is 11.4 Å². The third kappa shape index (κ3) is 4.01. The molecule has 2 N–H and O–H groups in total. The van der Waals surface area contributed by atoms with E-state index in [4.69, 9.17) is 9.88 Å². The van der Waals surface area contributed by atoms with E-state index in [9.17, 15) is 8.42 Å². The van der Waals surface area contributed by atoms with Gasteiger partial charge in [0, 0.05) is 12.4 Å². The molecule has 0 spiro atoms. The number of primary sulfonamides is 1. The number of rotatable bonds is 5. The molecule has 1 aromatic heterocycles. The minimum Gasteiger partial charge on any atom is -0.366 e. The highest BCUT2D eigenvalue weighted by Gasteiger charge is 2.31. The highest BCUT2D eigenvalue weighted by Crippen LogP contribution is 2.23. The van der Waals surface area contributed by atoms with E-state index < -0.39 is 21.4 Å². The largest absolute Gasteiger partial charge is 0.366 e. The van der Waals surface area contributed by atoms with Crippen molar-refractivity contribution >= 4 is 10.0 Å². The zero-order valence-electron chi connectivity index (χ0n) is 11.0. The van der Waals surface area contributed by atoms with Gasteiger partial charge >= 0.3 is 0 Å². The van der Waals surface area contributed by atoms with E-state index in [0.29, 0.717) is 5.82 Å². The number of nitrogens with two attached hydrogens (primary N) is 1. The number of nitrogens with zero attached hydrogens (tertiary/aromatic N) is 2. The Labute approximate surface area is 108 Å².